The molecule has 5 heteroatoms. The number of aromatic nitrogens is 1. The van der Waals surface area contributed by atoms with Crippen molar-refractivity contribution in [3.63, 3.8) is 0 Å². The highest BCUT2D eigenvalue weighted by atomic mass is 16.5. The number of benzene rings is 4. The summed E-state index contributed by atoms with van der Waals surface area (Å²) in [5.41, 5.74) is 10.7. The molecule has 4 aromatic carbocycles. The van der Waals surface area contributed by atoms with Crippen LogP contribution in [0.3, 0.4) is 0 Å². The predicted octanol–water partition coefficient (Wildman–Crippen LogP) is 7.10. The second-order valence-corrected chi connectivity index (χ2v) is 9.15. The van der Waals surface area contributed by atoms with E-state index in [4.69, 9.17) is 4.74 Å². The number of nitrogens with zero attached hydrogens (tertiary/aromatic N) is 2. The van der Waals surface area contributed by atoms with Gasteiger partial charge in [0, 0.05) is 16.9 Å². The van der Waals surface area contributed by atoms with Crippen LogP contribution in [0.2, 0.25) is 0 Å². The van der Waals surface area contributed by atoms with Crippen LogP contribution in [0, 0.1) is 13.8 Å². The highest BCUT2D eigenvalue weighted by Gasteiger charge is 2.11. The lowest BCUT2D eigenvalue weighted by Crippen LogP contribution is -2.17. The van der Waals surface area contributed by atoms with Gasteiger partial charge in [-0.1, -0.05) is 60.2 Å². The van der Waals surface area contributed by atoms with Gasteiger partial charge < -0.3 is 9.30 Å². The number of ether oxygens (including phenoxy) is 1. The van der Waals surface area contributed by atoms with Crippen molar-refractivity contribution in [1.82, 2.24) is 9.99 Å². The first-order chi connectivity index (χ1) is 18.6. The van der Waals surface area contributed by atoms with E-state index in [0.29, 0.717) is 12.2 Å². The normalized spacial score (nSPS) is 11.0. The number of hydrogen-bond donors (Lipinski definition) is 1. The lowest BCUT2D eigenvalue weighted by Gasteiger charge is -2.12. The zero-order valence-electron chi connectivity index (χ0n) is 21.5. The van der Waals surface area contributed by atoms with Gasteiger partial charge in [-0.25, -0.2) is 5.43 Å². The topological polar surface area (TPSA) is 55.6 Å². The Morgan fingerprint density at radius 3 is 2.24 bits per heavy atom. The lowest BCUT2D eigenvalue weighted by atomic mass is 10.1. The number of amides is 1. The molecule has 0 saturated carbocycles. The third-order valence-corrected chi connectivity index (χ3v) is 6.32. The van der Waals surface area contributed by atoms with E-state index >= 15 is 0 Å². The summed E-state index contributed by atoms with van der Waals surface area (Å²) in [6.45, 7) is 4.65. The van der Waals surface area contributed by atoms with Gasteiger partial charge in [-0.05, 0) is 91.2 Å². The SMILES string of the molecule is Cc1ccc(COc2ccc(/C=N/NC(=O)c3ccc(-n4c(C)ccc4-c4ccccc4)cc3)cc2)cc1. The molecule has 0 atom stereocenters. The monoisotopic (exact) mass is 499 g/mol. The summed E-state index contributed by atoms with van der Waals surface area (Å²) in [5, 5.41) is 4.12. The smallest absolute Gasteiger partial charge is 0.271 e. The van der Waals surface area contributed by atoms with Crippen LogP contribution in [-0.2, 0) is 6.61 Å². The van der Waals surface area contributed by atoms with Crippen LogP contribution in [0.25, 0.3) is 16.9 Å². The highest BCUT2D eigenvalue weighted by Crippen LogP contribution is 2.26. The maximum atomic E-state index is 12.6. The molecule has 0 radical (unpaired) electrons. The summed E-state index contributed by atoms with van der Waals surface area (Å²) in [4.78, 5) is 12.6. The van der Waals surface area contributed by atoms with Crippen LogP contribution in [0.5, 0.6) is 5.75 Å². The van der Waals surface area contributed by atoms with Gasteiger partial charge >= 0.3 is 0 Å². The molecule has 5 nitrogen and oxygen atoms in total. The Bertz CT molecular complexity index is 1530. The van der Waals surface area contributed by atoms with Crippen molar-refractivity contribution < 1.29 is 9.53 Å². The van der Waals surface area contributed by atoms with Crippen LogP contribution in [0.15, 0.2) is 120 Å². The second kappa shape index (κ2) is 11.4. The van der Waals surface area contributed by atoms with E-state index in [2.05, 4.69) is 77.5 Å². The molecule has 1 aromatic heterocycles. The highest BCUT2D eigenvalue weighted by molar-refractivity contribution is 5.95. The Hall–Kier alpha value is -4.90. The van der Waals surface area contributed by atoms with Gasteiger partial charge in [0.25, 0.3) is 5.91 Å². The van der Waals surface area contributed by atoms with E-state index in [1.165, 1.54) is 5.56 Å². The standard InChI is InChI=1S/C33H29N3O2/c1-24-8-11-27(12-9-24)23-38-31-19-13-26(14-20-31)22-34-35-33(37)29-15-17-30(18-16-29)36-25(2)10-21-32(36)28-6-4-3-5-7-28/h3-22H,23H2,1-2H3,(H,35,37)/b34-22+. The number of hydrogen-bond acceptors (Lipinski definition) is 3. The van der Waals surface area contributed by atoms with Crippen molar-refractivity contribution in [3.05, 3.63) is 143 Å². The fourth-order valence-electron chi connectivity index (χ4n) is 4.21. The maximum absolute atomic E-state index is 12.6. The molecule has 5 rings (SSSR count). The predicted molar refractivity (Wildman–Crippen MR) is 153 cm³/mol. The van der Waals surface area contributed by atoms with E-state index in [1.807, 2.05) is 66.7 Å². The van der Waals surface area contributed by atoms with Crippen molar-refractivity contribution in [2.24, 2.45) is 5.10 Å². The van der Waals surface area contributed by atoms with Crippen LogP contribution in [0.4, 0.5) is 0 Å². The van der Waals surface area contributed by atoms with Crippen molar-refractivity contribution in [3.8, 4) is 22.7 Å². The Kier molecular flexibility index (Phi) is 7.46. The van der Waals surface area contributed by atoms with Gasteiger partial charge in [-0.2, -0.15) is 5.10 Å². The van der Waals surface area contributed by atoms with Gasteiger partial charge in [0.2, 0.25) is 0 Å². The minimum Gasteiger partial charge on any atom is -0.489 e. The maximum Gasteiger partial charge on any atom is 0.271 e. The van der Waals surface area contributed by atoms with Crippen LogP contribution in [0.1, 0.15) is 32.7 Å². The van der Waals surface area contributed by atoms with Gasteiger partial charge in [-0.15, -0.1) is 0 Å². The average Bonchev–Trinajstić information content (AvgIpc) is 3.35. The zero-order valence-corrected chi connectivity index (χ0v) is 21.5. The van der Waals surface area contributed by atoms with E-state index in [0.717, 1.165) is 39.5 Å². The van der Waals surface area contributed by atoms with Crippen LogP contribution in [-0.4, -0.2) is 16.7 Å². The summed E-state index contributed by atoms with van der Waals surface area (Å²) in [5.74, 6) is 0.513. The number of hydrazone groups is 1. The molecule has 0 unspecified atom stereocenters. The summed E-state index contributed by atoms with van der Waals surface area (Å²) in [7, 11) is 0. The Morgan fingerprint density at radius 1 is 0.816 bits per heavy atom. The molecule has 188 valence electrons. The van der Waals surface area contributed by atoms with E-state index in [9.17, 15) is 4.79 Å². The lowest BCUT2D eigenvalue weighted by molar-refractivity contribution is 0.0955. The molecule has 5 aromatic rings. The number of aryl methyl sites for hydroxylation is 2. The largest absolute Gasteiger partial charge is 0.489 e. The van der Waals surface area contributed by atoms with Crippen LogP contribution < -0.4 is 10.2 Å². The summed E-state index contributed by atoms with van der Waals surface area (Å²) < 4.78 is 8.03. The molecule has 0 aliphatic carbocycles. The average molecular weight is 500 g/mol. The first-order valence-electron chi connectivity index (χ1n) is 12.5. The van der Waals surface area contributed by atoms with Crippen LogP contribution >= 0.6 is 0 Å². The number of rotatable bonds is 8. The number of carbonyl (C=O) groups excluding carboxylic acids is 1. The fraction of sp³-hybridized carbons (Fsp3) is 0.0909. The van der Waals surface area contributed by atoms with Crippen molar-refractivity contribution in [1.29, 1.82) is 0 Å². The van der Waals surface area contributed by atoms with E-state index in [-0.39, 0.29) is 5.91 Å². The fourth-order valence-corrected chi connectivity index (χ4v) is 4.21. The Morgan fingerprint density at radius 2 is 1.53 bits per heavy atom. The molecule has 0 bridgehead atoms. The molecule has 1 heterocycles. The molecule has 1 amide bonds. The molecule has 38 heavy (non-hydrogen) atoms. The summed E-state index contributed by atoms with van der Waals surface area (Å²) >= 11 is 0. The van der Waals surface area contributed by atoms with Gasteiger partial charge in [-0.3, -0.25) is 4.79 Å². The molecular weight excluding hydrogens is 470 g/mol. The Labute approximate surface area is 223 Å². The number of carbonyl (C=O) groups is 1. The molecular formula is C33H29N3O2. The molecule has 0 spiro atoms. The van der Waals surface area contributed by atoms with Crippen molar-refractivity contribution in [2.45, 2.75) is 20.5 Å². The van der Waals surface area contributed by atoms with Gasteiger partial charge in [0.15, 0.2) is 0 Å². The summed E-state index contributed by atoms with van der Waals surface area (Å²) in [6, 6.07) is 37.9. The van der Waals surface area contributed by atoms with Gasteiger partial charge in [0.05, 0.1) is 11.9 Å². The first-order valence-corrected chi connectivity index (χ1v) is 12.5. The molecule has 1 N–H and O–H groups in total. The van der Waals surface area contributed by atoms with E-state index in [1.54, 1.807) is 6.21 Å². The minimum absolute atomic E-state index is 0.265. The molecule has 0 fully saturated rings. The van der Waals surface area contributed by atoms with Crippen molar-refractivity contribution >= 4 is 12.1 Å². The van der Waals surface area contributed by atoms with Crippen molar-refractivity contribution in [2.75, 3.05) is 0 Å². The quantitative estimate of drug-likeness (QED) is 0.183. The van der Waals surface area contributed by atoms with Gasteiger partial charge in [0.1, 0.15) is 12.4 Å². The zero-order chi connectivity index (χ0) is 26.3. The Balaban J connectivity index is 1.18. The number of nitrogens with one attached hydrogen (secondary N) is 1. The third-order valence-electron chi connectivity index (χ3n) is 6.32. The second-order valence-electron chi connectivity index (χ2n) is 9.15. The summed E-state index contributed by atoms with van der Waals surface area (Å²) in [6.07, 6.45) is 1.62. The first kappa shape index (κ1) is 24.8. The minimum atomic E-state index is -0.265. The van der Waals surface area contributed by atoms with E-state index < -0.39 is 0 Å². The molecule has 0 saturated heterocycles. The molecule has 0 aliphatic heterocycles. The molecule has 0 aliphatic rings. The third kappa shape index (κ3) is 5.90.